The SMILES string of the molecule is C[C@@H]1CC=N[C@H]1C(=O)NCCCC[C@H](NC(=O)[C@H](CCC(=O)O)NC(=O)[C@@H](N)[C@@H](C)O)C(=O)N[C@@H](CS)C(=O)N[C@@H](CCCCNC(=O)[C@@H]1N=CC[C@H]1C)C(=O)N[C@@H](CC(N)=O)C(=O)N1CCC[C@H]1C(=O)O. The molecule has 12 atom stereocenters. The first-order valence-electron chi connectivity index (χ1n) is 24.2. The van der Waals surface area contributed by atoms with Crippen molar-refractivity contribution in [3.05, 3.63) is 0 Å². The molecule has 0 bridgehead atoms. The molecule has 0 aromatic carbocycles. The maximum Gasteiger partial charge on any atom is 0.326 e. The van der Waals surface area contributed by atoms with E-state index in [0.29, 0.717) is 32.1 Å². The number of hydrogen-bond donors (Lipinski definition) is 13. The van der Waals surface area contributed by atoms with Crippen molar-refractivity contribution in [2.24, 2.45) is 33.3 Å². The van der Waals surface area contributed by atoms with Crippen LogP contribution in [0.5, 0.6) is 0 Å². The van der Waals surface area contributed by atoms with Crippen molar-refractivity contribution in [2.75, 3.05) is 25.4 Å². The Kier molecular flexibility index (Phi) is 25.0. The van der Waals surface area contributed by atoms with Crippen molar-refractivity contribution in [1.82, 2.24) is 42.1 Å². The van der Waals surface area contributed by atoms with E-state index in [2.05, 4.69) is 59.8 Å². The molecule has 9 amide bonds. The number of nitrogens with two attached hydrogens (primary N) is 2. The second kappa shape index (κ2) is 30.0. The summed E-state index contributed by atoms with van der Waals surface area (Å²) in [5, 5.41) is 46.8. The highest BCUT2D eigenvalue weighted by atomic mass is 32.1. The second-order valence-corrected chi connectivity index (χ2v) is 18.8. The standard InChI is InChI=1S/C45H72N12O14S/c1-23-14-18-48-35(23)42(67)50-16-6-4-9-26(37(62)55-29(21-32(46)59)44(69)57-20-8-11-31(57)45(70)71)53-40(65)30(22-72)56-38(63)27(10-5-7-17-51-43(68)36-24(2)15-19-49-36)52-39(64)28(12-13-33(60)61)54-41(66)34(47)25(3)58/h18-19,23-31,34-36,58,72H,4-17,20-22,47H2,1-3H3,(H2,46,59)(H,50,67)(H,51,68)(H,52,64)(H,53,65)(H,54,66)(H,55,62)(H,56,63)(H,60,61)(H,70,71)/t23-,24-,25-,26+,27+,28+,29+,30+,31+,34+,35-,36-/m1/s1. The lowest BCUT2D eigenvalue weighted by molar-refractivity contribution is -0.149. The van der Waals surface area contributed by atoms with E-state index in [1.165, 1.54) is 6.92 Å². The third kappa shape index (κ3) is 19.1. The van der Waals surface area contributed by atoms with E-state index in [9.17, 15) is 68.1 Å². The molecular formula is C45H72N12O14S. The van der Waals surface area contributed by atoms with Gasteiger partial charge in [-0.2, -0.15) is 12.6 Å². The Morgan fingerprint density at radius 1 is 0.681 bits per heavy atom. The number of carbonyl (C=O) groups is 11. The summed E-state index contributed by atoms with van der Waals surface area (Å²) in [7, 11) is 0. The van der Waals surface area contributed by atoms with Gasteiger partial charge < -0.3 is 68.9 Å². The fourth-order valence-corrected chi connectivity index (χ4v) is 8.45. The van der Waals surface area contributed by atoms with Crippen LogP contribution in [0.1, 0.15) is 104 Å². The number of nitrogens with one attached hydrogen (secondary N) is 7. The number of nitrogens with zero attached hydrogens (tertiary/aromatic N) is 3. The number of carbonyl (C=O) groups excluding carboxylic acids is 9. The monoisotopic (exact) mass is 1040 g/mol. The summed E-state index contributed by atoms with van der Waals surface area (Å²) in [5.41, 5.74) is 11.2. The highest BCUT2D eigenvalue weighted by Gasteiger charge is 2.40. The van der Waals surface area contributed by atoms with Crippen LogP contribution in [-0.4, -0.2) is 184 Å². The number of carboxylic acid groups (broad SMARTS) is 2. The van der Waals surface area contributed by atoms with Crippen LogP contribution in [-0.2, 0) is 52.7 Å². The number of rotatable bonds is 31. The number of amides is 9. The number of aliphatic carboxylic acids is 2. The van der Waals surface area contributed by atoms with Gasteiger partial charge in [-0.1, -0.05) is 13.8 Å². The van der Waals surface area contributed by atoms with Crippen LogP contribution in [0.25, 0.3) is 0 Å². The first kappa shape index (κ1) is 60.1. The van der Waals surface area contributed by atoms with Crippen LogP contribution < -0.4 is 48.7 Å². The largest absolute Gasteiger partial charge is 0.481 e. The van der Waals surface area contributed by atoms with Crippen LogP contribution in [0.3, 0.4) is 0 Å². The normalized spacial score (nSPS) is 22.0. The summed E-state index contributed by atoms with van der Waals surface area (Å²) >= 11 is 4.26. The summed E-state index contributed by atoms with van der Waals surface area (Å²) < 4.78 is 0. The van der Waals surface area contributed by atoms with Gasteiger partial charge in [-0.05, 0) is 89.4 Å². The summed E-state index contributed by atoms with van der Waals surface area (Å²) in [4.78, 5) is 153. The molecule has 14 N–H and O–H groups in total. The number of hydrogen-bond acceptors (Lipinski definition) is 16. The molecule has 1 saturated heterocycles. The number of carboxylic acids is 2. The van der Waals surface area contributed by atoms with Gasteiger partial charge in [-0.3, -0.25) is 57.9 Å². The Labute approximate surface area is 422 Å². The second-order valence-electron chi connectivity index (χ2n) is 18.4. The van der Waals surface area contributed by atoms with Gasteiger partial charge in [-0.15, -0.1) is 0 Å². The molecule has 27 heteroatoms. The first-order chi connectivity index (χ1) is 34.0. The molecule has 3 aliphatic heterocycles. The Balaban J connectivity index is 1.84. The molecule has 72 heavy (non-hydrogen) atoms. The van der Waals surface area contributed by atoms with Crippen molar-refractivity contribution in [3.8, 4) is 0 Å². The van der Waals surface area contributed by atoms with E-state index in [1.54, 1.807) is 12.4 Å². The molecule has 1 fully saturated rings. The van der Waals surface area contributed by atoms with E-state index in [4.69, 9.17) is 11.5 Å². The minimum Gasteiger partial charge on any atom is -0.481 e. The summed E-state index contributed by atoms with van der Waals surface area (Å²) in [6.45, 7) is 5.38. The summed E-state index contributed by atoms with van der Waals surface area (Å²) in [6, 6.07) is -11.4. The number of aliphatic imine (C=N–C) groups is 2. The van der Waals surface area contributed by atoms with Gasteiger partial charge in [0.05, 0.1) is 12.5 Å². The molecular weight excluding hydrogens is 965 g/mol. The topological polar surface area (TPSA) is 413 Å². The Bertz CT molecular complexity index is 2030. The van der Waals surface area contributed by atoms with Crippen LogP contribution >= 0.6 is 12.6 Å². The van der Waals surface area contributed by atoms with Gasteiger partial charge in [0, 0.05) is 44.2 Å². The maximum atomic E-state index is 14.1. The number of primary amides is 1. The summed E-state index contributed by atoms with van der Waals surface area (Å²) in [5.74, 6) is -10.2. The van der Waals surface area contributed by atoms with Crippen LogP contribution in [0.4, 0.5) is 0 Å². The molecule has 0 saturated carbocycles. The lowest BCUT2D eigenvalue weighted by atomic mass is 10.0. The molecule has 3 heterocycles. The highest BCUT2D eigenvalue weighted by Crippen LogP contribution is 2.21. The van der Waals surface area contributed by atoms with Crippen molar-refractivity contribution >= 4 is 90.2 Å². The van der Waals surface area contributed by atoms with Gasteiger partial charge in [0.15, 0.2) is 0 Å². The Morgan fingerprint density at radius 3 is 1.54 bits per heavy atom. The number of unbranched alkanes of at least 4 members (excludes halogenated alkanes) is 2. The van der Waals surface area contributed by atoms with Crippen LogP contribution in [0.2, 0.25) is 0 Å². The number of aliphatic hydroxyl groups excluding tert-OH is 1. The average molecular weight is 1040 g/mol. The number of thiol groups is 1. The first-order valence-corrected chi connectivity index (χ1v) is 24.9. The lowest BCUT2D eigenvalue weighted by Crippen LogP contribution is -2.60. The minimum atomic E-state index is -1.62. The van der Waals surface area contributed by atoms with E-state index in [0.717, 1.165) is 4.90 Å². The Morgan fingerprint density at radius 2 is 1.12 bits per heavy atom. The molecule has 0 spiro atoms. The van der Waals surface area contributed by atoms with Crippen molar-refractivity contribution in [1.29, 1.82) is 0 Å². The van der Waals surface area contributed by atoms with Crippen LogP contribution in [0.15, 0.2) is 9.98 Å². The molecule has 0 unspecified atom stereocenters. The number of aliphatic hydroxyl groups is 1. The van der Waals surface area contributed by atoms with Crippen molar-refractivity contribution < 1.29 is 68.1 Å². The maximum absolute atomic E-state index is 14.1. The van der Waals surface area contributed by atoms with Gasteiger partial charge in [0.25, 0.3) is 0 Å². The minimum absolute atomic E-state index is 0.0104. The quantitative estimate of drug-likeness (QED) is 0.0236. The predicted octanol–water partition coefficient (Wildman–Crippen LogP) is -3.60. The average Bonchev–Trinajstić information content (AvgIpc) is 4.11. The third-order valence-corrected chi connectivity index (χ3v) is 12.9. The van der Waals surface area contributed by atoms with Gasteiger partial charge in [0.2, 0.25) is 53.2 Å². The van der Waals surface area contributed by atoms with Gasteiger partial charge in [-0.25, -0.2) is 4.79 Å². The molecule has 3 rings (SSSR count). The fraction of sp³-hybridized carbons (Fsp3) is 0.711. The smallest absolute Gasteiger partial charge is 0.326 e. The number of likely N-dealkylation sites (tertiary alicyclic amines) is 1. The molecule has 0 aromatic heterocycles. The zero-order valence-corrected chi connectivity index (χ0v) is 41.8. The summed E-state index contributed by atoms with van der Waals surface area (Å²) in [6.07, 6.45) is 2.82. The molecule has 402 valence electrons. The lowest BCUT2D eigenvalue weighted by Gasteiger charge is -2.29. The van der Waals surface area contributed by atoms with Gasteiger partial charge in [0.1, 0.15) is 54.4 Å². The van der Waals surface area contributed by atoms with Crippen LogP contribution in [0, 0.1) is 11.8 Å². The third-order valence-electron chi connectivity index (χ3n) is 12.6. The zero-order valence-electron chi connectivity index (χ0n) is 40.9. The van der Waals surface area contributed by atoms with E-state index >= 15 is 0 Å². The molecule has 26 nitrogen and oxygen atoms in total. The predicted molar refractivity (Wildman–Crippen MR) is 262 cm³/mol. The molecule has 0 aliphatic carbocycles. The van der Waals surface area contributed by atoms with Crippen molar-refractivity contribution in [2.45, 2.75) is 165 Å². The highest BCUT2D eigenvalue weighted by molar-refractivity contribution is 7.80. The van der Waals surface area contributed by atoms with E-state index in [-0.39, 0.29) is 81.1 Å². The van der Waals surface area contributed by atoms with E-state index < -0.39 is 133 Å². The molecule has 0 radical (unpaired) electrons. The van der Waals surface area contributed by atoms with E-state index in [1.807, 2.05) is 13.8 Å². The molecule has 0 aromatic rings. The fourth-order valence-electron chi connectivity index (χ4n) is 8.20. The Hall–Kier alpha value is -6.22. The zero-order chi connectivity index (χ0) is 53.7. The van der Waals surface area contributed by atoms with Gasteiger partial charge >= 0.3 is 11.9 Å². The van der Waals surface area contributed by atoms with Crippen molar-refractivity contribution in [3.63, 3.8) is 0 Å². The molecule has 3 aliphatic rings.